The van der Waals surface area contributed by atoms with Gasteiger partial charge in [-0.1, -0.05) is 0 Å². The van der Waals surface area contributed by atoms with Crippen LogP contribution in [0.4, 0.5) is 0 Å². The van der Waals surface area contributed by atoms with E-state index in [9.17, 15) is 4.79 Å². The molecule has 1 aromatic rings. The summed E-state index contributed by atoms with van der Waals surface area (Å²) >= 11 is 0. The average Bonchev–Trinajstić information content (AvgIpc) is 2.99. The van der Waals surface area contributed by atoms with Crippen molar-refractivity contribution in [2.24, 2.45) is 0 Å². The highest BCUT2D eigenvalue weighted by atomic mass is 16.5. The maximum atomic E-state index is 12.7. The molecule has 5 nitrogen and oxygen atoms in total. The van der Waals surface area contributed by atoms with Gasteiger partial charge in [0.1, 0.15) is 11.5 Å². The number of rotatable bonds is 6. The summed E-state index contributed by atoms with van der Waals surface area (Å²) in [4.78, 5) is 14.6. The Hall–Kier alpha value is -1.75. The molecule has 0 aromatic heterocycles. The van der Waals surface area contributed by atoms with Gasteiger partial charge in [0.2, 0.25) is 0 Å². The van der Waals surface area contributed by atoms with Crippen molar-refractivity contribution in [2.75, 3.05) is 27.4 Å². The van der Waals surface area contributed by atoms with Crippen LogP contribution in [0.15, 0.2) is 18.2 Å². The number of carbonyl (C=O) groups excluding carboxylic acids is 1. The van der Waals surface area contributed by atoms with Crippen LogP contribution >= 0.6 is 0 Å². The summed E-state index contributed by atoms with van der Waals surface area (Å²) < 4.78 is 10.4. The third-order valence-electron chi connectivity index (χ3n) is 3.93. The van der Waals surface area contributed by atoms with E-state index in [1.165, 1.54) is 0 Å². The van der Waals surface area contributed by atoms with Crippen LogP contribution in [0.3, 0.4) is 0 Å². The van der Waals surface area contributed by atoms with Gasteiger partial charge in [0.05, 0.1) is 14.2 Å². The molecule has 5 heteroatoms. The van der Waals surface area contributed by atoms with Gasteiger partial charge >= 0.3 is 0 Å². The molecule has 1 atom stereocenters. The lowest BCUT2D eigenvalue weighted by atomic mass is 10.1. The maximum absolute atomic E-state index is 12.7. The first-order chi connectivity index (χ1) is 10.2. The van der Waals surface area contributed by atoms with Crippen molar-refractivity contribution in [2.45, 2.75) is 31.7 Å². The molecule has 1 aliphatic rings. The van der Waals surface area contributed by atoms with Crippen molar-refractivity contribution in [1.82, 2.24) is 4.90 Å². The zero-order valence-corrected chi connectivity index (χ0v) is 12.7. The monoisotopic (exact) mass is 293 g/mol. The van der Waals surface area contributed by atoms with Crippen LogP contribution in [0.5, 0.6) is 11.5 Å². The van der Waals surface area contributed by atoms with Gasteiger partial charge in [0.15, 0.2) is 0 Å². The Kier molecular flexibility index (Phi) is 5.44. The summed E-state index contributed by atoms with van der Waals surface area (Å²) in [7, 11) is 3.14. The summed E-state index contributed by atoms with van der Waals surface area (Å²) in [6.07, 6.45) is 3.61. The maximum Gasteiger partial charge on any atom is 0.254 e. The third kappa shape index (κ3) is 3.67. The Morgan fingerprint density at radius 2 is 1.95 bits per heavy atom. The van der Waals surface area contributed by atoms with Crippen molar-refractivity contribution < 1.29 is 19.4 Å². The molecular formula is C16H23NO4. The van der Waals surface area contributed by atoms with Gasteiger partial charge in [-0.3, -0.25) is 4.79 Å². The van der Waals surface area contributed by atoms with E-state index < -0.39 is 0 Å². The number of carbonyl (C=O) groups is 1. The molecule has 1 unspecified atom stereocenters. The van der Waals surface area contributed by atoms with Crippen LogP contribution < -0.4 is 9.47 Å². The topological polar surface area (TPSA) is 59.0 Å². The van der Waals surface area contributed by atoms with Gasteiger partial charge in [0, 0.05) is 30.8 Å². The minimum Gasteiger partial charge on any atom is -0.497 e. The number of likely N-dealkylation sites (tertiary alicyclic amines) is 1. The molecule has 1 fully saturated rings. The van der Waals surface area contributed by atoms with Crippen LogP contribution in [-0.2, 0) is 0 Å². The molecule has 1 N–H and O–H groups in total. The second-order valence-electron chi connectivity index (χ2n) is 5.26. The number of benzene rings is 1. The molecule has 0 bridgehead atoms. The van der Waals surface area contributed by atoms with E-state index in [1.807, 2.05) is 4.90 Å². The summed E-state index contributed by atoms with van der Waals surface area (Å²) in [5.74, 6) is 1.24. The van der Waals surface area contributed by atoms with Crippen molar-refractivity contribution >= 4 is 5.91 Å². The van der Waals surface area contributed by atoms with Crippen molar-refractivity contribution in [3.8, 4) is 11.5 Å². The highest BCUT2D eigenvalue weighted by Crippen LogP contribution is 2.27. The molecule has 1 saturated heterocycles. The number of aliphatic hydroxyl groups is 1. The molecular weight excluding hydrogens is 270 g/mol. The Bertz CT molecular complexity index is 467. The number of amides is 1. The normalized spacial score (nSPS) is 17.9. The Morgan fingerprint density at radius 3 is 2.52 bits per heavy atom. The highest BCUT2D eigenvalue weighted by molar-refractivity contribution is 5.95. The van der Waals surface area contributed by atoms with E-state index in [4.69, 9.17) is 14.6 Å². The second-order valence-corrected chi connectivity index (χ2v) is 5.26. The highest BCUT2D eigenvalue weighted by Gasteiger charge is 2.29. The fraction of sp³-hybridized carbons (Fsp3) is 0.562. The molecule has 0 radical (unpaired) electrons. The number of hydrogen-bond donors (Lipinski definition) is 1. The van der Waals surface area contributed by atoms with Crippen molar-refractivity contribution in [3.05, 3.63) is 23.8 Å². The first-order valence-corrected chi connectivity index (χ1v) is 7.34. The molecule has 1 amide bonds. The lowest BCUT2D eigenvalue weighted by Gasteiger charge is -2.25. The number of aliphatic hydroxyl groups excluding tert-OH is 1. The van der Waals surface area contributed by atoms with Crippen molar-refractivity contribution in [3.63, 3.8) is 0 Å². The quantitative estimate of drug-likeness (QED) is 0.872. The second kappa shape index (κ2) is 7.31. The number of hydrogen-bond acceptors (Lipinski definition) is 4. The molecule has 0 aliphatic carbocycles. The first-order valence-electron chi connectivity index (χ1n) is 7.34. The number of nitrogens with zero attached hydrogens (tertiary/aromatic N) is 1. The molecule has 21 heavy (non-hydrogen) atoms. The molecule has 2 rings (SSSR count). The minimum atomic E-state index is 0.00707. The summed E-state index contributed by atoms with van der Waals surface area (Å²) in [6.45, 7) is 0.944. The van der Waals surface area contributed by atoms with E-state index in [1.54, 1.807) is 32.4 Å². The summed E-state index contributed by atoms with van der Waals surface area (Å²) in [6, 6.07) is 5.46. The average molecular weight is 293 g/mol. The van der Waals surface area contributed by atoms with E-state index >= 15 is 0 Å². The summed E-state index contributed by atoms with van der Waals surface area (Å²) in [5, 5.41) is 8.97. The standard InChI is InChI=1S/C16H23NO4/c1-20-14-9-12(10-15(11-14)21-2)16(19)17-7-3-5-13(17)6-4-8-18/h9-11,13,18H,3-8H2,1-2H3. The van der Waals surface area contributed by atoms with Crippen LogP contribution in [0.2, 0.25) is 0 Å². The predicted octanol–water partition coefficient (Wildman–Crippen LogP) is 2.08. The zero-order valence-electron chi connectivity index (χ0n) is 12.7. The largest absolute Gasteiger partial charge is 0.497 e. The summed E-state index contributed by atoms with van der Waals surface area (Å²) in [5.41, 5.74) is 0.585. The fourth-order valence-electron chi connectivity index (χ4n) is 2.83. The molecule has 0 saturated carbocycles. The lowest BCUT2D eigenvalue weighted by Crippen LogP contribution is -2.35. The van der Waals surface area contributed by atoms with E-state index in [2.05, 4.69) is 0 Å². The van der Waals surface area contributed by atoms with Crippen LogP contribution in [-0.4, -0.2) is 49.3 Å². The van der Waals surface area contributed by atoms with E-state index in [-0.39, 0.29) is 18.6 Å². The zero-order chi connectivity index (χ0) is 15.2. The van der Waals surface area contributed by atoms with E-state index in [0.717, 1.165) is 32.2 Å². The SMILES string of the molecule is COc1cc(OC)cc(C(=O)N2CCCC2CCCO)c1. The molecule has 1 aromatic carbocycles. The lowest BCUT2D eigenvalue weighted by molar-refractivity contribution is 0.0723. The van der Waals surface area contributed by atoms with Gasteiger partial charge in [-0.25, -0.2) is 0 Å². The van der Waals surface area contributed by atoms with E-state index in [0.29, 0.717) is 17.1 Å². The Labute approximate surface area is 125 Å². The minimum absolute atomic E-state index is 0.00707. The molecule has 0 spiro atoms. The van der Waals surface area contributed by atoms with Gasteiger partial charge in [-0.05, 0) is 37.8 Å². The smallest absolute Gasteiger partial charge is 0.254 e. The van der Waals surface area contributed by atoms with Gasteiger partial charge < -0.3 is 19.5 Å². The first kappa shape index (κ1) is 15.6. The van der Waals surface area contributed by atoms with Gasteiger partial charge in [-0.15, -0.1) is 0 Å². The van der Waals surface area contributed by atoms with Gasteiger partial charge in [0.25, 0.3) is 5.91 Å². The van der Waals surface area contributed by atoms with Crippen molar-refractivity contribution in [1.29, 1.82) is 0 Å². The number of ether oxygens (including phenoxy) is 2. The van der Waals surface area contributed by atoms with Gasteiger partial charge in [-0.2, -0.15) is 0 Å². The fourth-order valence-corrected chi connectivity index (χ4v) is 2.83. The Balaban J connectivity index is 2.18. The molecule has 1 aliphatic heterocycles. The predicted molar refractivity (Wildman–Crippen MR) is 79.9 cm³/mol. The molecule has 1 heterocycles. The van der Waals surface area contributed by atoms with Crippen LogP contribution in [0, 0.1) is 0 Å². The Morgan fingerprint density at radius 1 is 1.29 bits per heavy atom. The van der Waals surface area contributed by atoms with Crippen LogP contribution in [0.25, 0.3) is 0 Å². The van der Waals surface area contributed by atoms with Crippen LogP contribution in [0.1, 0.15) is 36.0 Å². The third-order valence-corrected chi connectivity index (χ3v) is 3.93. The molecule has 116 valence electrons. The number of methoxy groups -OCH3 is 2.